The Hall–Kier alpha value is -2.74. The lowest BCUT2D eigenvalue weighted by Crippen LogP contribution is -2.41. The fourth-order valence-electron chi connectivity index (χ4n) is 3.02. The van der Waals surface area contributed by atoms with Gasteiger partial charge in [0, 0.05) is 13.1 Å². The lowest BCUT2D eigenvalue weighted by Gasteiger charge is -2.30. The molecular weight excluding hydrogens is 407 g/mol. The number of hydrogen-bond donors (Lipinski definition) is 1. The molecule has 0 aromatic heterocycles. The summed E-state index contributed by atoms with van der Waals surface area (Å²) in [6.07, 6.45) is -3.82. The van der Waals surface area contributed by atoms with Crippen molar-refractivity contribution in [2.24, 2.45) is 5.10 Å². The SMILES string of the molecule is CCOC(=O)C(=NNc1cc(C(F)(F)F)ccc1Cl)N1CCc2ccccc2C1. The molecule has 0 saturated carbocycles. The smallest absolute Gasteiger partial charge is 0.416 e. The molecule has 0 bridgehead atoms. The van der Waals surface area contributed by atoms with Crippen LogP contribution in [-0.2, 0) is 28.7 Å². The number of carbonyl (C=O) groups is 1. The third-order valence-corrected chi connectivity index (χ3v) is 4.79. The lowest BCUT2D eigenvalue weighted by atomic mass is 10.00. The monoisotopic (exact) mass is 425 g/mol. The number of benzene rings is 2. The van der Waals surface area contributed by atoms with Gasteiger partial charge in [-0.2, -0.15) is 13.2 Å². The standard InChI is InChI=1S/C20H19ClF3N3O2/c1-2-29-19(28)18(27-10-9-13-5-3-4-6-14(13)12-27)26-25-17-11-15(20(22,23)24)7-8-16(17)21/h3-8,11,25H,2,9-10,12H2,1H3. The van der Waals surface area contributed by atoms with Gasteiger partial charge in [0.1, 0.15) is 0 Å². The Balaban J connectivity index is 1.88. The number of esters is 1. The number of halogens is 4. The minimum atomic E-state index is -4.52. The van der Waals surface area contributed by atoms with Crippen LogP contribution < -0.4 is 5.43 Å². The maximum atomic E-state index is 13.0. The van der Waals surface area contributed by atoms with Crippen molar-refractivity contribution in [3.05, 3.63) is 64.2 Å². The zero-order valence-electron chi connectivity index (χ0n) is 15.6. The van der Waals surface area contributed by atoms with Gasteiger partial charge in [0.2, 0.25) is 5.84 Å². The summed E-state index contributed by atoms with van der Waals surface area (Å²) >= 11 is 5.99. The second-order valence-electron chi connectivity index (χ2n) is 6.40. The van der Waals surface area contributed by atoms with E-state index in [2.05, 4.69) is 10.5 Å². The number of alkyl halides is 3. The molecule has 3 rings (SSSR count). The fourth-order valence-corrected chi connectivity index (χ4v) is 3.18. The lowest BCUT2D eigenvalue weighted by molar-refractivity contribution is -0.138. The van der Waals surface area contributed by atoms with E-state index >= 15 is 0 Å². The minimum Gasteiger partial charge on any atom is -0.460 e. The quantitative estimate of drug-likeness (QED) is 0.335. The van der Waals surface area contributed by atoms with Crippen molar-refractivity contribution in [3.63, 3.8) is 0 Å². The van der Waals surface area contributed by atoms with Crippen LogP contribution in [0.3, 0.4) is 0 Å². The number of hydrazone groups is 1. The van der Waals surface area contributed by atoms with E-state index in [0.29, 0.717) is 19.5 Å². The van der Waals surface area contributed by atoms with Crippen molar-refractivity contribution < 1.29 is 22.7 Å². The van der Waals surface area contributed by atoms with Gasteiger partial charge < -0.3 is 9.64 Å². The summed E-state index contributed by atoms with van der Waals surface area (Å²) in [7, 11) is 0. The molecule has 2 aromatic rings. The predicted octanol–water partition coefficient (Wildman–Crippen LogP) is 4.71. The van der Waals surface area contributed by atoms with Gasteiger partial charge >= 0.3 is 12.1 Å². The highest BCUT2D eigenvalue weighted by Crippen LogP contribution is 2.33. The second-order valence-corrected chi connectivity index (χ2v) is 6.81. The molecule has 0 saturated heterocycles. The number of fused-ring (bicyclic) bond motifs is 1. The van der Waals surface area contributed by atoms with Crippen molar-refractivity contribution in [1.82, 2.24) is 4.90 Å². The summed E-state index contributed by atoms with van der Waals surface area (Å²) in [5, 5.41) is 4.11. The molecule has 0 aliphatic carbocycles. The van der Waals surface area contributed by atoms with Crippen LogP contribution in [0.4, 0.5) is 18.9 Å². The van der Waals surface area contributed by atoms with Gasteiger partial charge in [-0.05, 0) is 42.7 Å². The molecular formula is C20H19ClF3N3O2. The van der Waals surface area contributed by atoms with Crippen molar-refractivity contribution >= 4 is 29.1 Å². The van der Waals surface area contributed by atoms with E-state index in [0.717, 1.165) is 23.8 Å². The molecule has 29 heavy (non-hydrogen) atoms. The third-order valence-electron chi connectivity index (χ3n) is 4.46. The van der Waals surface area contributed by atoms with Crippen LogP contribution in [0.1, 0.15) is 23.6 Å². The van der Waals surface area contributed by atoms with Crippen molar-refractivity contribution in [1.29, 1.82) is 0 Å². The average Bonchev–Trinajstić information content (AvgIpc) is 2.68. The summed E-state index contributed by atoms with van der Waals surface area (Å²) in [6, 6.07) is 10.7. The van der Waals surface area contributed by atoms with E-state index < -0.39 is 17.7 Å². The molecule has 154 valence electrons. The largest absolute Gasteiger partial charge is 0.460 e. The molecule has 0 amide bonds. The Kier molecular flexibility index (Phi) is 6.32. The molecule has 1 aliphatic rings. The van der Waals surface area contributed by atoms with Crippen molar-refractivity contribution in [2.45, 2.75) is 26.1 Å². The molecule has 0 radical (unpaired) electrons. The summed E-state index contributed by atoms with van der Waals surface area (Å²) in [4.78, 5) is 14.2. The number of hydrogen-bond acceptors (Lipinski definition) is 4. The first-order valence-corrected chi connectivity index (χ1v) is 9.36. The van der Waals surface area contributed by atoms with E-state index in [1.165, 1.54) is 5.56 Å². The van der Waals surface area contributed by atoms with Crippen LogP contribution >= 0.6 is 11.6 Å². The van der Waals surface area contributed by atoms with E-state index in [4.69, 9.17) is 16.3 Å². The summed E-state index contributed by atoms with van der Waals surface area (Å²) in [5.74, 6) is -0.683. The Bertz CT molecular complexity index is 931. The Morgan fingerprint density at radius 1 is 1.24 bits per heavy atom. The Morgan fingerprint density at radius 2 is 1.97 bits per heavy atom. The average molecular weight is 426 g/mol. The number of amidine groups is 1. The van der Waals surface area contributed by atoms with E-state index in [1.807, 2.05) is 24.3 Å². The molecule has 1 N–H and O–H groups in total. The van der Waals surface area contributed by atoms with Crippen LogP contribution in [0.15, 0.2) is 47.6 Å². The van der Waals surface area contributed by atoms with E-state index in [-0.39, 0.29) is 23.2 Å². The number of nitrogens with one attached hydrogen (secondary N) is 1. The molecule has 1 heterocycles. The molecule has 2 aromatic carbocycles. The van der Waals surface area contributed by atoms with Crippen LogP contribution in [0.2, 0.25) is 5.02 Å². The Morgan fingerprint density at radius 3 is 2.66 bits per heavy atom. The number of rotatable bonds is 3. The molecule has 1 aliphatic heterocycles. The first kappa shape index (κ1) is 21.0. The molecule has 5 nitrogen and oxygen atoms in total. The van der Waals surface area contributed by atoms with Gasteiger partial charge in [-0.1, -0.05) is 35.9 Å². The zero-order chi connectivity index (χ0) is 21.0. The number of anilines is 1. The fraction of sp³-hybridized carbons (Fsp3) is 0.300. The summed E-state index contributed by atoms with van der Waals surface area (Å²) in [6.45, 7) is 2.77. The maximum absolute atomic E-state index is 13.0. The highest BCUT2D eigenvalue weighted by Gasteiger charge is 2.31. The van der Waals surface area contributed by atoms with Gasteiger partial charge in [0.05, 0.1) is 22.9 Å². The first-order chi connectivity index (χ1) is 13.8. The molecule has 0 atom stereocenters. The molecule has 0 spiro atoms. The van der Waals surface area contributed by atoms with Crippen molar-refractivity contribution in [2.75, 3.05) is 18.6 Å². The van der Waals surface area contributed by atoms with Gasteiger partial charge in [0.25, 0.3) is 0 Å². The first-order valence-electron chi connectivity index (χ1n) is 8.99. The molecule has 0 unspecified atom stereocenters. The maximum Gasteiger partial charge on any atom is 0.416 e. The van der Waals surface area contributed by atoms with Gasteiger partial charge in [-0.25, -0.2) is 4.79 Å². The summed E-state index contributed by atoms with van der Waals surface area (Å²) < 4.78 is 44.0. The summed E-state index contributed by atoms with van der Waals surface area (Å²) in [5.41, 5.74) is 3.80. The Labute approximate surface area is 171 Å². The second kappa shape index (κ2) is 8.73. The minimum absolute atomic E-state index is 0.0187. The normalized spacial score (nSPS) is 14.4. The van der Waals surface area contributed by atoms with Crippen LogP contribution in [0, 0.1) is 0 Å². The zero-order valence-corrected chi connectivity index (χ0v) is 16.3. The van der Waals surface area contributed by atoms with Crippen LogP contribution in [-0.4, -0.2) is 29.9 Å². The molecule has 9 heteroatoms. The van der Waals surface area contributed by atoms with Gasteiger partial charge in [-0.15, -0.1) is 5.10 Å². The van der Waals surface area contributed by atoms with Crippen molar-refractivity contribution in [3.8, 4) is 0 Å². The van der Waals surface area contributed by atoms with Gasteiger partial charge in [-0.3, -0.25) is 5.43 Å². The predicted molar refractivity (Wildman–Crippen MR) is 105 cm³/mol. The van der Waals surface area contributed by atoms with Crippen LogP contribution in [0.25, 0.3) is 0 Å². The van der Waals surface area contributed by atoms with E-state index in [1.54, 1.807) is 11.8 Å². The topological polar surface area (TPSA) is 53.9 Å². The third kappa shape index (κ3) is 5.00. The highest BCUT2D eigenvalue weighted by molar-refractivity contribution is 6.35. The highest BCUT2D eigenvalue weighted by atomic mass is 35.5. The number of nitrogens with zero attached hydrogens (tertiary/aromatic N) is 2. The van der Waals surface area contributed by atoms with Crippen LogP contribution in [0.5, 0.6) is 0 Å². The van der Waals surface area contributed by atoms with Gasteiger partial charge in [0.15, 0.2) is 0 Å². The van der Waals surface area contributed by atoms with E-state index in [9.17, 15) is 18.0 Å². The molecule has 0 fully saturated rings. The number of carbonyl (C=O) groups excluding carboxylic acids is 1. The number of ether oxygens (including phenoxy) is 1.